The maximum atomic E-state index is 6.63. The van der Waals surface area contributed by atoms with Crippen molar-refractivity contribution < 1.29 is 4.74 Å². The number of nitrogens with two attached hydrogens (primary N) is 1. The maximum absolute atomic E-state index is 6.63. The zero-order valence-electron chi connectivity index (χ0n) is 22.3. The van der Waals surface area contributed by atoms with E-state index in [-0.39, 0.29) is 5.54 Å². The van der Waals surface area contributed by atoms with Crippen LogP contribution in [0.4, 0.5) is 5.69 Å². The first-order chi connectivity index (χ1) is 19.1. The van der Waals surface area contributed by atoms with Crippen LogP contribution >= 0.6 is 0 Å². The third-order valence-electron chi connectivity index (χ3n) is 8.28. The standard InChI is InChI=1S/C33H33N5O/c1-23-6-8-24(9-7-23)31-36-30-15-14-29(25-4-2-5-28(22-25)37-18-20-39-21-19-37)35-32(30)38(31)27-12-10-26(11-13-27)33(34)16-3-17-33/h2,4-15,22H,3,16-21,34H2,1H3. The van der Waals surface area contributed by atoms with Crippen LogP contribution in [0.3, 0.4) is 0 Å². The predicted molar refractivity (Wildman–Crippen MR) is 157 cm³/mol. The lowest BCUT2D eigenvalue weighted by molar-refractivity contribution is 0.122. The molecule has 39 heavy (non-hydrogen) atoms. The Morgan fingerprint density at radius 1 is 0.795 bits per heavy atom. The van der Waals surface area contributed by atoms with E-state index in [1.54, 1.807) is 0 Å². The number of anilines is 1. The monoisotopic (exact) mass is 515 g/mol. The zero-order chi connectivity index (χ0) is 26.4. The molecule has 2 fully saturated rings. The fourth-order valence-corrected chi connectivity index (χ4v) is 5.73. The summed E-state index contributed by atoms with van der Waals surface area (Å²) in [6, 6.07) is 30.0. The predicted octanol–water partition coefficient (Wildman–Crippen LogP) is 6.24. The third kappa shape index (κ3) is 4.40. The molecule has 5 aromatic rings. The van der Waals surface area contributed by atoms with Crippen LogP contribution in [-0.2, 0) is 10.3 Å². The van der Waals surface area contributed by atoms with Crippen molar-refractivity contribution in [3.63, 3.8) is 0 Å². The summed E-state index contributed by atoms with van der Waals surface area (Å²) in [5.41, 5.74) is 15.9. The molecule has 2 N–H and O–H groups in total. The summed E-state index contributed by atoms with van der Waals surface area (Å²) in [5.74, 6) is 0.885. The number of aromatic nitrogens is 3. The highest BCUT2D eigenvalue weighted by Crippen LogP contribution is 2.39. The molecule has 0 atom stereocenters. The summed E-state index contributed by atoms with van der Waals surface area (Å²) < 4.78 is 7.73. The molecule has 3 heterocycles. The summed E-state index contributed by atoms with van der Waals surface area (Å²) in [7, 11) is 0. The Bertz CT molecular complexity index is 1630. The molecule has 0 amide bonds. The van der Waals surface area contributed by atoms with Gasteiger partial charge in [0, 0.05) is 41.1 Å². The summed E-state index contributed by atoms with van der Waals surface area (Å²) in [6.45, 7) is 5.44. The van der Waals surface area contributed by atoms with Crippen molar-refractivity contribution in [1.29, 1.82) is 0 Å². The molecule has 2 aromatic heterocycles. The van der Waals surface area contributed by atoms with E-state index in [1.807, 2.05) is 0 Å². The van der Waals surface area contributed by atoms with Crippen molar-refractivity contribution in [2.75, 3.05) is 31.2 Å². The molecule has 1 saturated heterocycles. The summed E-state index contributed by atoms with van der Waals surface area (Å²) >= 11 is 0. The van der Waals surface area contributed by atoms with Crippen molar-refractivity contribution in [1.82, 2.24) is 14.5 Å². The summed E-state index contributed by atoms with van der Waals surface area (Å²) in [6.07, 6.45) is 3.29. The Morgan fingerprint density at radius 2 is 1.56 bits per heavy atom. The number of hydrogen-bond donors (Lipinski definition) is 1. The molecule has 1 saturated carbocycles. The molecule has 0 unspecified atom stereocenters. The molecular weight excluding hydrogens is 482 g/mol. The first-order valence-corrected chi connectivity index (χ1v) is 13.9. The molecule has 0 radical (unpaired) electrons. The van der Waals surface area contributed by atoms with Crippen LogP contribution in [0.25, 0.3) is 39.5 Å². The number of aryl methyl sites for hydroxylation is 1. The van der Waals surface area contributed by atoms with Gasteiger partial charge < -0.3 is 15.4 Å². The lowest BCUT2D eigenvalue weighted by atomic mass is 9.73. The van der Waals surface area contributed by atoms with Crippen LogP contribution in [-0.4, -0.2) is 40.8 Å². The van der Waals surface area contributed by atoms with Crippen LogP contribution in [0.5, 0.6) is 0 Å². The molecule has 1 aliphatic carbocycles. The number of morpholine rings is 1. The number of nitrogens with zero attached hydrogens (tertiary/aromatic N) is 4. The van der Waals surface area contributed by atoms with Crippen molar-refractivity contribution in [2.24, 2.45) is 5.73 Å². The average Bonchev–Trinajstić information content (AvgIpc) is 3.36. The van der Waals surface area contributed by atoms with Crippen molar-refractivity contribution in [3.8, 4) is 28.3 Å². The van der Waals surface area contributed by atoms with Gasteiger partial charge >= 0.3 is 0 Å². The summed E-state index contributed by atoms with van der Waals surface area (Å²) in [4.78, 5) is 12.6. The Kier molecular flexibility index (Phi) is 5.94. The van der Waals surface area contributed by atoms with Gasteiger partial charge in [-0.3, -0.25) is 4.57 Å². The number of rotatable bonds is 5. The van der Waals surface area contributed by atoms with Crippen LogP contribution in [0.15, 0.2) is 84.9 Å². The van der Waals surface area contributed by atoms with Crippen molar-refractivity contribution in [3.05, 3.63) is 96.1 Å². The summed E-state index contributed by atoms with van der Waals surface area (Å²) in [5, 5.41) is 0. The first-order valence-electron chi connectivity index (χ1n) is 13.9. The van der Waals surface area contributed by atoms with Gasteiger partial charge in [0.1, 0.15) is 11.3 Å². The van der Waals surface area contributed by atoms with Crippen LogP contribution in [0.1, 0.15) is 30.4 Å². The zero-order valence-corrected chi connectivity index (χ0v) is 22.3. The molecule has 0 bridgehead atoms. The van der Waals surface area contributed by atoms with E-state index < -0.39 is 0 Å². The smallest absolute Gasteiger partial charge is 0.165 e. The quantitative estimate of drug-likeness (QED) is 0.300. The Hall–Kier alpha value is -4.00. The number of hydrogen-bond acceptors (Lipinski definition) is 5. The highest BCUT2D eigenvalue weighted by atomic mass is 16.5. The first kappa shape index (κ1) is 24.1. The van der Waals surface area contributed by atoms with Gasteiger partial charge in [-0.15, -0.1) is 0 Å². The van der Waals surface area contributed by atoms with E-state index in [2.05, 4.69) is 101 Å². The molecular formula is C33H33N5O. The maximum Gasteiger partial charge on any atom is 0.165 e. The molecule has 1 aliphatic heterocycles. The van der Waals surface area contributed by atoms with Gasteiger partial charge in [0.25, 0.3) is 0 Å². The average molecular weight is 516 g/mol. The normalized spacial score (nSPS) is 16.8. The Morgan fingerprint density at radius 3 is 2.28 bits per heavy atom. The van der Waals surface area contributed by atoms with Crippen LogP contribution in [0, 0.1) is 6.92 Å². The molecule has 6 heteroatoms. The van der Waals surface area contributed by atoms with Gasteiger partial charge in [0.2, 0.25) is 0 Å². The highest BCUT2D eigenvalue weighted by Gasteiger charge is 2.34. The number of ether oxygens (including phenoxy) is 1. The van der Waals surface area contributed by atoms with Gasteiger partial charge in [-0.2, -0.15) is 0 Å². The van der Waals surface area contributed by atoms with E-state index in [0.29, 0.717) is 0 Å². The third-order valence-corrected chi connectivity index (χ3v) is 8.28. The van der Waals surface area contributed by atoms with Crippen LogP contribution < -0.4 is 10.6 Å². The largest absolute Gasteiger partial charge is 0.378 e. The minimum Gasteiger partial charge on any atom is -0.378 e. The molecule has 2 aliphatic rings. The van der Waals surface area contributed by atoms with E-state index in [4.69, 9.17) is 20.4 Å². The second-order valence-electron chi connectivity index (χ2n) is 10.9. The number of pyridine rings is 1. The highest BCUT2D eigenvalue weighted by molar-refractivity contribution is 5.83. The van der Waals surface area contributed by atoms with Gasteiger partial charge in [-0.25, -0.2) is 9.97 Å². The molecule has 3 aromatic carbocycles. The van der Waals surface area contributed by atoms with Crippen molar-refractivity contribution >= 4 is 16.9 Å². The number of benzene rings is 3. The molecule has 6 nitrogen and oxygen atoms in total. The van der Waals surface area contributed by atoms with E-state index >= 15 is 0 Å². The second-order valence-corrected chi connectivity index (χ2v) is 10.9. The number of fused-ring (bicyclic) bond motifs is 1. The van der Waals surface area contributed by atoms with Crippen molar-refractivity contribution in [2.45, 2.75) is 31.7 Å². The van der Waals surface area contributed by atoms with E-state index in [1.165, 1.54) is 23.2 Å². The van der Waals surface area contributed by atoms with Gasteiger partial charge in [-0.1, -0.05) is 54.1 Å². The lowest BCUT2D eigenvalue weighted by Gasteiger charge is -2.38. The van der Waals surface area contributed by atoms with Gasteiger partial charge in [0.05, 0.1) is 18.9 Å². The Balaban J connectivity index is 1.35. The topological polar surface area (TPSA) is 69.2 Å². The van der Waals surface area contributed by atoms with E-state index in [0.717, 1.165) is 78.6 Å². The second kappa shape index (κ2) is 9.63. The minimum absolute atomic E-state index is 0.188. The van der Waals surface area contributed by atoms with Gasteiger partial charge in [-0.05, 0) is 68.1 Å². The fraction of sp³-hybridized carbons (Fsp3) is 0.273. The Labute approximate surface area is 229 Å². The molecule has 0 spiro atoms. The van der Waals surface area contributed by atoms with Crippen LogP contribution in [0.2, 0.25) is 0 Å². The molecule has 7 rings (SSSR count). The van der Waals surface area contributed by atoms with Gasteiger partial charge in [0.15, 0.2) is 5.65 Å². The number of imidazole rings is 1. The van der Waals surface area contributed by atoms with E-state index in [9.17, 15) is 0 Å². The minimum atomic E-state index is -0.188. The lowest BCUT2D eigenvalue weighted by Crippen LogP contribution is -2.43. The molecule has 196 valence electrons. The SMILES string of the molecule is Cc1ccc(-c2nc3ccc(-c4cccc(N5CCOCC5)c4)nc3n2-c2ccc(C3(N)CCC3)cc2)cc1. The fourth-order valence-electron chi connectivity index (χ4n) is 5.73.